The van der Waals surface area contributed by atoms with E-state index < -0.39 is 44.1 Å². The van der Waals surface area contributed by atoms with Crippen molar-refractivity contribution in [3.05, 3.63) is 35.6 Å². The third kappa shape index (κ3) is 3.95. The molecule has 0 heterocycles. The lowest BCUT2D eigenvalue weighted by Gasteiger charge is -2.24. The molecular weight excluding hydrogens is 347 g/mol. The predicted octanol–water partition coefficient (Wildman–Crippen LogP) is 1.95. The maximum absolute atomic E-state index is 13.2. The van der Waals surface area contributed by atoms with Crippen LogP contribution in [-0.2, 0) is 14.6 Å². The van der Waals surface area contributed by atoms with Gasteiger partial charge in [-0.15, -0.1) is 0 Å². The molecule has 1 aliphatic rings. The fraction of sp³-hybridized carbons (Fsp3) is 0.588. The molecule has 8 heteroatoms. The number of ether oxygens (including phenoxy) is 1. The van der Waals surface area contributed by atoms with Gasteiger partial charge in [-0.25, -0.2) is 17.6 Å². The van der Waals surface area contributed by atoms with Crippen molar-refractivity contribution in [1.82, 2.24) is 5.32 Å². The van der Waals surface area contributed by atoms with Crippen molar-refractivity contribution in [2.75, 3.05) is 12.3 Å². The van der Waals surface area contributed by atoms with E-state index in [0.29, 0.717) is 5.56 Å². The topological polar surface area (TPSA) is 98.5 Å². The third-order valence-electron chi connectivity index (χ3n) is 4.35. The third-order valence-corrected chi connectivity index (χ3v) is 6.62. The second-order valence-electron chi connectivity index (χ2n) is 7.27. The van der Waals surface area contributed by atoms with Crippen LogP contribution in [0.25, 0.3) is 0 Å². The molecule has 0 bridgehead atoms. The van der Waals surface area contributed by atoms with Gasteiger partial charge in [0, 0.05) is 18.2 Å². The number of hydrogen-bond donors (Lipinski definition) is 2. The lowest BCUT2D eigenvalue weighted by Crippen LogP contribution is -2.49. The van der Waals surface area contributed by atoms with Gasteiger partial charge in [-0.1, -0.05) is 19.1 Å². The van der Waals surface area contributed by atoms with E-state index in [9.17, 15) is 17.6 Å². The van der Waals surface area contributed by atoms with Crippen molar-refractivity contribution >= 4 is 15.9 Å². The van der Waals surface area contributed by atoms with E-state index in [-0.39, 0.29) is 12.3 Å². The van der Waals surface area contributed by atoms with Crippen molar-refractivity contribution < 1.29 is 22.3 Å². The molecule has 3 N–H and O–H groups in total. The molecule has 1 aromatic rings. The van der Waals surface area contributed by atoms with Crippen molar-refractivity contribution in [2.45, 2.75) is 50.0 Å². The van der Waals surface area contributed by atoms with E-state index in [0.717, 1.165) is 0 Å². The number of hydrogen-bond acceptors (Lipinski definition) is 5. The molecule has 1 saturated carbocycles. The van der Waals surface area contributed by atoms with Gasteiger partial charge in [0.1, 0.15) is 11.4 Å². The maximum atomic E-state index is 13.2. The highest BCUT2D eigenvalue weighted by Crippen LogP contribution is 2.55. The molecule has 6 nitrogen and oxygen atoms in total. The molecular formula is C17H25FN2O4S. The summed E-state index contributed by atoms with van der Waals surface area (Å²) in [6, 6.07) is 5.56. The summed E-state index contributed by atoms with van der Waals surface area (Å²) >= 11 is 0. The van der Waals surface area contributed by atoms with Crippen LogP contribution in [0.15, 0.2) is 24.3 Å². The fourth-order valence-electron chi connectivity index (χ4n) is 3.19. The summed E-state index contributed by atoms with van der Waals surface area (Å²) in [6.07, 6.45) is -0.723. The van der Waals surface area contributed by atoms with E-state index >= 15 is 0 Å². The molecule has 1 aromatic carbocycles. The van der Waals surface area contributed by atoms with Crippen LogP contribution < -0.4 is 11.1 Å². The molecule has 0 unspecified atom stereocenters. The van der Waals surface area contributed by atoms with Crippen LogP contribution in [0.4, 0.5) is 9.18 Å². The normalized spacial score (nSPS) is 26.2. The van der Waals surface area contributed by atoms with Gasteiger partial charge >= 0.3 is 6.09 Å². The zero-order valence-corrected chi connectivity index (χ0v) is 15.7. The van der Waals surface area contributed by atoms with Crippen molar-refractivity contribution in [3.63, 3.8) is 0 Å². The maximum Gasteiger partial charge on any atom is 0.408 e. The summed E-state index contributed by atoms with van der Waals surface area (Å²) in [5, 5.41) is 1.80. The Morgan fingerprint density at radius 2 is 1.88 bits per heavy atom. The van der Waals surface area contributed by atoms with E-state index in [4.69, 9.17) is 10.5 Å². The molecule has 140 valence electrons. The first-order valence-corrected chi connectivity index (χ1v) is 9.86. The van der Waals surface area contributed by atoms with Crippen LogP contribution in [0.3, 0.4) is 0 Å². The number of carbonyl (C=O) groups excluding carboxylic acids is 1. The highest BCUT2D eigenvalue weighted by atomic mass is 32.2. The fourth-order valence-corrected chi connectivity index (χ4v) is 5.23. The molecule has 0 aliphatic heterocycles. The quantitative estimate of drug-likeness (QED) is 0.823. The number of amides is 1. The minimum Gasteiger partial charge on any atom is -0.444 e. The van der Waals surface area contributed by atoms with E-state index in [2.05, 4.69) is 5.32 Å². The van der Waals surface area contributed by atoms with Crippen LogP contribution in [0.1, 0.15) is 39.2 Å². The average Bonchev–Trinajstić information content (AvgIpc) is 3.15. The van der Waals surface area contributed by atoms with Crippen molar-refractivity contribution in [3.8, 4) is 0 Å². The Morgan fingerprint density at radius 1 is 1.32 bits per heavy atom. The first-order valence-electron chi connectivity index (χ1n) is 8.15. The lowest BCUT2D eigenvalue weighted by atomic mass is 10.1. The number of nitrogens with two attached hydrogens (primary N) is 1. The first kappa shape index (κ1) is 19.7. The number of sulfone groups is 1. The number of rotatable bonds is 5. The Labute approximate surface area is 147 Å². The number of alkyl carbamates (subject to hydrolysis) is 1. The lowest BCUT2D eigenvalue weighted by molar-refractivity contribution is 0.0497. The zero-order chi connectivity index (χ0) is 19.0. The minimum absolute atomic E-state index is 0.0712. The molecule has 1 aliphatic carbocycles. The molecule has 0 radical (unpaired) electrons. The summed E-state index contributed by atoms with van der Waals surface area (Å²) in [5.74, 6) is -1.04. The van der Waals surface area contributed by atoms with Crippen molar-refractivity contribution in [2.24, 2.45) is 5.73 Å². The van der Waals surface area contributed by atoms with E-state index in [1.807, 2.05) is 0 Å². The summed E-state index contributed by atoms with van der Waals surface area (Å²) in [4.78, 5) is 12.2. The summed E-state index contributed by atoms with van der Waals surface area (Å²) in [7, 11) is -3.49. The first-order chi connectivity index (χ1) is 11.5. The summed E-state index contributed by atoms with van der Waals surface area (Å²) in [5.41, 5.74) is 4.61. The molecule has 2 rings (SSSR count). The molecule has 0 aromatic heterocycles. The van der Waals surface area contributed by atoms with Gasteiger partial charge in [-0.3, -0.25) is 0 Å². The van der Waals surface area contributed by atoms with Gasteiger partial charge in [0.25, 0.3) is 0 Å². The van der Waals surface area contributed by atoms with Gasteiger partial charge in [0.05, 0.1) is 10.8 Å². The van der Waals surface area contributed by atoms with Gasteiger partial charge in [-0.05, 0) is 38.5 Å². The minimum atomic E-state index is -3.49. The van der Waals surface area contributed by atoms with Crippen LogP contribution in [0, 0.1) is 5.82 Å². The number of halogens is 1. The van der Waals surface area contributed by atoms with Crippen LogP contribution in [0.2, 0.25) is 0 Å². The monoisotopic (exact) mass is 372 g/mol. The number of carbonyl (C=O) groups is 1. The van der Waals surface area contributed by atoms with Gasteiger partial charge in [0.15, 0.2) is 9.84 Å². The van der Waals surface area contributed by atoms with Crippen LogP contribution in [-0.4, -0.2) is 43.2 Å². The Bertz CT molecular complexity index is 743. The van der Waals surface area contributed by atoms with E-state index in [1.165, 1.54) is 24.3 Å². The SMILES string of the molecule is CCS(=O)(=O)[C@H]1[C@H](c2ccc(F)cc2)[C@@]1(CN)NC(=O)OC(C)(C)C. The van der Waals surface area contributed by atoms with Gasteiger partial charge < -0.3 is 15.8 Å². The van der Waals surface area contributed by atoms with Gasteiger partial charge in [0.2, 0.25) is 0 Å². The number of benzene rings is 1. The smallest absolute Gasteiger partial charge is 0.408 e. The second kappa shape index (κ2) is 6.57. The predicted molar refractivity (Wildman–Crippen MR) is 93.5 cm³/mol. The molecule has 0 saturated heterocycles. The standard InChI is InChI=1S/C17H25FN2O4S/c1-5-25(22,23)14-13(11-6-8-12(18)9-7-11)17(14,10-19)20-15(21)24-16(2,3)4/h6-9,13-14H,5,10,19H2,1-4H3,(H,20,21)/t13-,14-,17+/m0/s1. The Kier molecular flexibility index (Phi) is 5.16. The second-order valence-corrected chi connectivity index (χ2v) is 9.68. The highest BCUT2D eigenvalue weighted by Gasteiger charge is 2.71. The zero-order valence-electron chi connectivity index (χ0n) is 14.9. The average molecular weight is 372 g/mol. The Balaban J connectivity index is 2.38. The van der Waals surface area contributed by atoms with Crippen molar-refractivity contribution in [1.29, 1.82) is 0 Å². The largest absolute Gasteiger partial charge is 0.444 e. The summed E-state index contributed by atoms with van der Waals surface area (Å²) < 4.78 is 43.5. The highest BCUT2D eigenvalue weighted by molar-refractivity contribution is 7.92. The van der Waals surface area contributed by atoms with E-state index in [1.54, 1.807) is 27.7 Å². The Morgan fingerprint density at radius 3 is 2.32 bits per heavy atom. The van der Waals surface area contributed by atoms with Gasteiger partial charge in [-0.2, -0.15) is 0 Å². The molecule has 1 amide bonds. The molecule has 0 spiro atoms. The van der Waals surface area contributed by atoms with Crippen LogP contribution >= 0.6 is 0 Å². The number of nitrogens with one attached hydrogen (secondary N) is 1. The van der Waals surface area contributed by atoms with Crippen LogP contribution in [0.5, 0.6) is 0 Å². The molecule has 1 fully saturated rings. The summed E-state index contributed by atoms with van der Waals surface area (Å²) in [6.45, 7) is 6.62. The molecule has 25 heavy (non-hydrogen) atoms. The molecule has 3 atom stereocenters. The Hall–Kier alpha value is -1.67.